The molecule has 5 nitrogen and oxygen atoms in total. The maximum Gasteiger partial charge on any atom is 0.258 e. The molecule has 0 spiro atoms. The van der Waals surface area contributed by atoms with E-state index in [2.05, 4.69) is 16.9 Å². The molecule has 0 saturated heterocycles. The van der Waals surface area contributed by atoms with Crippen LogP contribution in [0.5, 0.6) is 5.75 Å². The summed E-state index contributed by atoms with van der Waals surface area (Å²) in [6, 6.07) is 3.74. The first-order valence-electron chi connectivity index (χ1n) is 6.79. The summed E-state index contributed by atoms with van der Waals surface area (Å²) >= 11 is 0. The SMILES string of the molecule is C=CCNC(=O)COc1ccc(C)nc1CC(N)CC. The molecule has 0 aromatic carbocycles. The molecule has 1 amide bonds. The van der Waals surface area contributed by atoms with Crippen molar-refractivity contribution in [2.45, 2.75) is 32.7 Å². The first-order valence-corrected chi connectivity index (χ1v) is 6.79. The summed E-state index contributed by atoms with van der Waals surface area (Å²) in [6.45, 7) is 7.88. The molecule has 1 aromatic rings. The topological polar surface area (TPSA) is 77.2 Å². The summed E-state index contributed by atoms with van der Waals surface area (Å²) in [6.07, 6.45) is 3.13. The van der Waals surface area contributed by atoms with Crippen LogP contribution in [-0.4, -0.2) is 30.1 Å². The lowest BCUT2D eigenvalue weighted by molar-refractivity contribution is -0.122. The highest BCUT2D eigenvalue weighted by Crippen LogP contribution is 2.18. The monoisotopic (exact) mass is 277 g/mol. The van der Waals surface area contributed by atoms with Gasteiger partial charge in [-0.3, -0.25) is 9.78 Å². The van der Waals surface area contributed by atoms with Crippen molar-refractivity contribution >= 4 is 5.91 Å². The normalized spacial score (nSPS) is 11.8. The van der Waals surface area contributed by atoms with E-state index < -0.39 is 0 Å². The zero-order chi connectivity index (χ0) is 15.0. The number of nitrogens with one attached hydrogen (secondary N) is 1. The fourth-order valence-corrected chi connectivity index (χ4v) is 1.65. The third-order valence-corrected chi connectivity index (χ3v) is 2.85. The van der Waals surface area contributed by atoms with E-state index in [1.807, 2.05) is 26.0 Å². The number of rotatable bonds is 8. The summed E-state index contributed by atoms with van der Waals surface area (Å²) < 4.78 is 5.53. The molecule has 110 valence electrons. The van der Waals surface area contributed by atoms with Crippen LogP contribution in [0.15, 0.2) is 24.8 Å². The van der Waals surface area contributed by atoms with Crippen molar-refractivity contribution in [1.82, 2.24) is 10.3 Å². The largest absolute Gasteiger partial charge is 0.482 e. The van der Waals surface area contributed by atoms with Gasteiger partial charge >= 0.3 is 0 Å². The first-order chi connectivity index (χ1) is 9.56. The molecule has 0 saturated carbocycles. The average molecular weight is 277 g/mol. The van der Waals surface area contributed by atoms with Gasteiger partial charge < -0.3 is 15.8 Å². The van der Waals surface area contributed by atoms with Crippen molar-refractivity contribution in [2.75, 3.05) is 13.2 Å². The number of amides is 1. The van der Waals surface area contributed by atoms with Gasteiger partial charge in [-0.2, -0.15) is 0 Å². The fraction of sp³-hybridized carbons (Fsp3) is 0.467. The van der Waals surface area contributed by atoms with Crippen LogP contribution in [-0.2, 0) is 11.2 Å². The molecule has 1 unspecified atom stereocenters. The molecule has 20 heavy (non-hydrogen) atoms. The summed E-state index contributed by atoms with van der Waals surface area (Å²) in [5.41, 5.74) is 7.67. The third-order valence-electron chi connectivity index (χ3n) is 2.85. The summed E-state index contributed by atoms with van der Waals surface area (Å²) in [7, 11) is 0. The van der Waals surface area contributed by atoms with E-state index in [9.17, 15) is 4.79 Å². The van der Waals surface area contributed by atoms with E-state index in [0.29, 0.717) is 18.7 Å². The van der Waals surface area contributed by atoms with E-state index in [1.165, 1.54) is 0 Å². The molecular weight excluding hydrogens is 254 g/mol. The molecule has 0 fully saturated rings. The van der Waals surface area contributed by atoms with Crippen LogP contribution in [0.25, 0.3) is 0 Å². The number of carbonyl (C=O) groups excluding carboxylic acids is 1. The van der Waals surface area contributed by atoms with Gasteiger partial charge in [-0.25, -0.2) is 0 Å². The van der Waals surface area contributed by atoms with E-state index in [4.69, 9.17) is 10.5 Å². The Labute approximate surface area is 120 Å². The van der Waals surface area contributed by atoms with Crippen LogP contribution in [0.1, 0.15) is 24.7 Å². The highest BCUT2D eigenvalue weighted by Gasteiger charge is 2.11. The van der Waals surface area contributed by atoms with Crippen molar-refractivity contribution in [2.24, 2.45) is 5.73 Å². The second-order valence-corrected chi connectivity index (χ2v) is 4.65. The van der Waals surface area contributed by atoms with Crippen molar-refractivity contribution in [1.29, 1.82) is 0 Å². The zero-order valence-corrected chi connectivity index (χ0v) is 12.2. The Morgan fingerprint density at radius 3 is 3.00 bits per heavy atom. The van der Waals surface area contributed by atoms with E-state index in [1.54, 1.807) is 6.08 Å². The summed E-state index contributed by atoms with van der Waals surface area (Å²) in [5.74, 6) is 0.435. The lowest BCUT2D eigenvalue weighted by atomic mass is 10.1. The van der Waals surface area contributed by atoms with Gasteiger partial charge in [-0.1, -0.05) is 13.0 Å². The van der Waals surface area contributed by atoms with Gasteiger partial charge in [0.05, 0.1) is 5.69 Å². The van der Waals surface area contributed by atoms with Crippen molar-refractivity contribution < 1.29 is 9.53 Å². The Hall–Kier alpha value is -1.88. The van der Waals surface area contributed by atoms with E-state index >= 15 is 0 Å². The van der Waals surface area contributed by atoms with Crippen LogP contribution in [0.4, 0.5) is 0 Å². The zero-order valence-electron chi connectivity index (χ0n) is 12.2. The van der Waals surface area contributed by atoms with Crippen LogP contribution in [0.3, 0.4) is 0 Å². The number of hydrogen-bond donors (Lipinski definition) is 2. The van der Waals surface area contributed by atoms with Gasteiger partial charge in [0.25, 0.3) is 5.91 Å². The fourth-order valence-electron chi connectivity index (χ4n) is 1.65. The molecule has 0 aliphatic carbocycles. The number of pyridine rings is 1. The molecule has 3 N–H and O–H groups in total. The van der Waals surface area contributed by atoms with E-state index in [0.717, 1.165) is 17.8 Å². The van der Waals surface area contributed by atoms with Crippen molar-refractivity contribution in [3.05, 3.63) is 36.2 Å². The molecule has 1 rings (SSSR count). The number of aryl methyl sites for hydroxylation is 1. The number of hydrogen-bond acceptors (Lipinski definition) is 4. The van der Waals surface area contributed by atoms with Gasteiger partial charge in [0.2, 0.25) is 0 Å². The molecular formula is C15H23N3O2. The number of carbonyl (C=O) groups is 1. The molecule has 0 aliphatic heterocycles. The quantitative estimate of drug-likeness (QED) is 0.703. The minimum atomic E-state index is -0.184. The Balaban J connectivity index is 2.68. The lowest BCUT2D eigenvalue weighted by Crippen LogP contribution is -2.29. The second-order valence-electron chi connectivity index (χ2n) is 4.65. The van der Waals surface area contributed by atoms with Gasteiger partial charge in [-0.05, 0) is 25.5 Å². The molecule has 0 aliphatic rings. The van der Waals surface area contributed by atoms with Crippen molar-refractivity contribution in [3.8, 4) is 5.75 Å². The minimum Gasteiger partial charge on any atom is -0.482 e. The minimum absolute atomic E-state index is 0.0348. The molecule has 0 radical (unpaired) electrons. The van der Waals surface area contributed by atoms with Gasteiger partial charge in [-0.15, -0.1) is 6.58 Å². The molecule has 1 atom stereocenters. The second kappa shape index (κ2) is 8.32. The molecule has 5 heteroatoms. The van der Waals surface area contributed by atoms with Crippen LogP contribution in [0, 0.1) is 6.92 Å². The summed E-state index contributed by atoms with van der Waals surface area (Å²) in [5, 5.41) is 2.66. The number of nitrogens with zero attached hydrogens (tertiary/aromatic N) is 1. The van der Waals surface area contributed by atoms with Gasteiger partial charge in [0.15, 0.2) is 6.61 Å². The maximum absolute atomic E-state index is 11.5. The Bertz CT molecular complexity index is 460. The lowest BCUT2D eigenvalue weighted by Gasteiger charge is -2.14. The Kier molecular flexibility index (Phi) is 6.73. The predicted molar refractivity (Wildman–Crippen MR) is 79.6 cm³/mol. The average Bonchev–Trinajstić information content (AvgIpc) is 2.44. The highest BCUT2D eigenvalue weighted by molar-refractivity contribution is 5.77. The smallest absolute Gasteiger partial charge is 0.258 e. The molecule has 0 bridgehead atoms. The molecule has 1 aromatic heterocycles. The van der Waals surface area contributed by atoms with Crippen LogP contribution in [0.2, 0.25) is 0 Å². The van der Waals surface area contributed by atoms with Gasteiger partial charge in [0, 0.05) is 24.7 Å². The first kappa shape index (κ1) is 16.2. The predicted octanol–water partition coefficient (Wildman–Crippen LogP) is 1.35. The molecule has 1 heterocycles. The van der Waals surface area contributed by atoms with Crippen molar-refractivity contribution in [3.63, 3.8) is 0 Å². The standard InChI is InChI=1S/C15H23N3O2/c1-4-8-17-15(19)10-20-14-7-6-11(3)18-13(14)9-12(16)5-2/h4,6-7,12H,1,5,8-10,16H2,2-3H3,(H,17,19). The summed E-state index contributed by atoms with van der Waals surface area (Å²) in [4.78, 5) is 16.0. The highest BCUT2D eigenvalue weighted by atomic mass is 16.5. The Morgan fingerprint density at radius 2 is 2.35 bits per heavy atom. The third kappa shape index (κ3) is 5.40. The number of aromatic nitrogens is 1. The number of nitrogens with two attached hydrogens (primary N) is 1. The van der Waals surface area contributed by atoms with E-state index in [-0.39, 0.29) is 18.6 Å². The van der Waals surface area contributed by atoms with Crippen LogP contribution < -0.4 is 15.8 Å². The maximum atomic E-state index is 11.5. The van der Waals surface area contributed by atoms with Crippen LogP contribution >= 0.6 is 0 Å². The Morgan fingerprint density at radius 1 is 1.60 bits per heavy atom. The van der Waals surface area contributed by atoms with Gasteiger partial charge in [0.1, 0.15) is 5.75 Å². The number of ether oxygens (including phenoxy) is 1.